The third kappa shape index (κ3) is 5.53. The topological polar surface area (TPSA) is 77.8 Å². The molecular formula is C13H15BrN4O. The number of nitrogens with zero attached hydrogens (tertiary/aromatic N) is 2. The molecule has 0 saturated heterocycles. The van der Waals surface area contributed by atoms with Crippen LogP contribution in [0.4, 0.5) is 5.82 Å². The van der Waals surface area contributed by atoms with E-state index in [-0.39, 0.29) is 5.57 Å². The van der Waals surface area contributed by atoms with Gasteiger partial charge in [-0.3, -0.25) is 4.79 Å². The summed E-state index contributed by atoms with van der Waals surface area (Å²) >= 11 is 3.31. The highest BCUT2D eigenvalue weighted by Gasteiger charge is 2.08. The lowest BCUT2D eigenvalue weighted by Crippen LogP contribution is -2.28. The van der Waals surface area contributed by atoms with Crippen LogP contribution in [0.1, 0.15) is 13.8 Å². The van der Waals surface area contributed by atoms with Crippen LogP contribution >= 0.6 is 15.9 Å². The molecule has 1 aromatic heterocycles. The number of amides is 1. The third-order valence-corrected chi connectivity index (χ3v) is 2.62. The summed E-state index contributed by atoms with van der Waals surface area (Å²) in [5.74, 6) is 0.501. The summed E-state index contributed by atoms with van der Waals surface area (Å²) < 4.78 is 0.862. The highest BCUT2D eigenvalue weighted by molar-refractivity contribution is 9.10. The molecule has 100 valence electrons. The molecule has 0 spiro atoms. The van der Waals surface area contributed by atoms with Crippen molar-refractivity contribution < 1.29 is 4.79 Å². The number of nitrogens with one attached hydrogen (secondary N) is 2. The summed E-state index contributed by atoms with van der Waals surface area (Å²) in [7, 11) is 0. The number of halogens is 1. The molecule has 2 N–H and O–H groups in total. The van der Waals surface area contributed by atoms with Gasteiger partial charge in [0.05, 0.1) is 0 Å². The molecule has 6 heteroatoms. The van der Waals surface area contributed by atoms with Crippen molar-refractivity contribution >= 4 is 27.7 Å². The van der Waals surface area contributed by atoms with E-state index in [2.05, 4.69) is 31.5 Å². The van der Waals surface area contributed by atoms with Gasteiger partial charge in [-0.15, -0.1) is 0 Å². The van der Waals surface area contributed by atoms with Crippen LogP contribution in [0.3, 0.4) is 0 Å². The molecule has 0 atom stereocenters. The molecule has 1 aromatic rings. The average molecular weight is 323 g/mol. The Morgan fingerprint density at radius 3 is 2.95 bits per heavy atom. The van der Waals surface area contributed by atoms with E-state index in [1.165, 1.54) is 6.20 Å². The second kappa shape index (κ2) is 7.54. The predicted octanol–water partition coefficient (Wildman–Crippen LogP) is 2.44. The minimum absolute atomic E-state index is 0.0161. The Balaban J connectivity index is 2.67. The number of hydrogen-bond donors (Lipinski definition) is 2. The summed E-state index contributed by atoms with van der Waals surface area (Å²) in [4.78, 5) is 15.7. The molecule has 5 nitrogen and oxygen atoms in total. The fourth-order valence-corrected chi connectivity index (χ4v) is 1.51. The summed E-state index contributed by atoms with van der Waals surface area (Å²) in [6.07, 6.45) is 2.97. The first-order valence-electron chi connectivity index (χ1n) is 5.79. The number of hydrogen-bond acceptors (Lipinski definition) is 4. The van der Waals surface area contributed by atoms with Crippen molar-refractivity contribution in [2.24, 2.45) is 5.92 Å². The van der Waals surface area contributed by atoms with Crippen LogP contribution in [0.15, 0.2) is 34.6 Å². The maximum atomic E-state index is 11.7. The van der Waals surface area contributed by atoms with Gasteiger partial charge in [0.2, 0.25) is 0 Å². The SMILES string of the molecule is CC(C)CNC(=O)/C(C#N)=C\Nc1cc(Br)ccn1. The van der Waals surface area contributed by atoms with Crippen molar-refractivity contribution in [3.63, 3.8) is 0 Å². The molecule has 0 unspecified atom stereocenters. The van der Waals surface area contributed by atoms with Crippen molar-refractivity contribution in [1.82, 2.24) is 10.3 Å². The van der Waals surface area contributed by atoms with Crippen molar-refractivity contribution in [3.05, 3.63) is 34.6 Å². The molecule has 19 heavy (non-hydrogen) atoms. The summed E-state index contributed by atoms with van der Waals surface area (Å²) in [6.45, 7) is 4.51. The largest absolute Gasteiger partial charge is 0.351 e. The fraction of sp³-hybridized carbons (Fsp3) is 0.308. The number of rotatable bonds is 5. The van der Waals surface area contributed by atoms with E-state index in [0.29, 0.717) is 18.3 Å². The third-order valence-electron chi connectivity index (χ3n) is 2.12. The number of anilines is 1. The van der Waals surface area contributed by atoms with E-state index in [9.17, 15) is 4.79 Å². The van der Waals surface area contributed by atoms with Gasteiger partial charge in [-0.1, -0.05) is 29.8 Å². The van der Waals surface area contributed by atoms with E-state index < -0.39 is 5.91 Å². The molecule has 0 aliphatic carbocycles. The number of nitriles is 1. The molecule has 0 bridgehead atoms. The van der Waals surface area contributed by atoms with Crippen LogP contribution in [0.2, 0.25) is 0 Å². The Kier molecular flexibility index (Phi) is 6.03. The second-order valence-corrected chi connectivity index (χ2v) is 5.19. The Morgan fingerprint density at radius 1 is 1.63 bits per heavy atom. The lowest BCUT2D eigenvalue weighted by Gasteiger charge is -2.07. The van der Waals surface area contributed by atoms with Crippen molar-refractivity contribution in [1.29, 1.82) is 5.26 Å². The quantitative estimate of drug-likeness (QED) is 0.644. The van der Waals surface area contributed by atoms with E-state index in [1.54, 1.807) is 18.3 Å². The standard InChI is InChI=1S/C13H15BrN4O/c1-9(2)7-18-13(19)10(6-15)8-17-12-5-11(14)3-4-16-12/h3-5,8-9H,7H2,1-2H3,(H,16,17)(H,18,19)/b10-8-. The highest BCUT2D eigenvalue weighted by Crippen LogP contribution is 2.12. The molecule has 0 aromatic carbocycles. The Hall–Kier alpha value is -1.87. The van der Waals surface area contributed by atoms with Crippen LogP contribution < -0.4 is 10.6 Å². The monoisotopic (exact) mass is 322 g/mol. The van der Waals surface area contributed by atoms with Crippen LogP contribution in [0.25, 0.3) is 0 Å². The number of aromatic nitrogens is 1. The first-order chi connectivity index (χ1) is 9.02. The van der Waals surface area contributed by atoms with Gasteiger partial charge in [0, 0.05) is 23.4 Å². The zero-order valence-corrected chi connectivity index (χ0v) is 12.4. The van der Waals surface area contributed by atoms with Crippen LogP contribution in [0.5, 0.6) is 0 Å². The van der Waals surface area contributed by atoms with Gasteiger partial charge in [-0.25, -0.2) is 4.98 Å². The molecule has 0 fully saturated rings. The first kappa shape index (κ1) is 15.2. The molecule has 1 heterocycles. The van der Waals surface area contributed by atoms with Crippen LogP contribution in [-0.4, -0.2) is 17.4 Å². The van der Waals surface area contributed by atoms with E-state index in [1.807, 2.05) is 19.9 Å². The van der Waals surface area contributed by atoms with Crippen molar-refractivity contribution in [2.75, 3.05) is 11.9 Å². The molecule has 0 radical (unpaired) electrons. The zero-order chi connectivity index (χ0) is 14.3. The Bertz CT molecular complexity index is 520. The number of carbonyl (C=O) groups excluding carboxylic acids is 1. The van der Waals surface area contributed by atoms with Gasteiger partial charge in [-0.2, -0.15) is 5.26 Å². The molecular weight excluding hydrogens is 308 g/mol. The van der Waals surface area contributed by atoms with Gasteiger partial charge in [-0.05, 0) is 18.1 Å². The maximum Gasteiger partial charge on any atom is 0.263 e. The lowest BCUT2D eigenvalue weighted by atomic mass is 10.2. The lowest BCUT2D eigenvalue weighted by molar-refractivity contribution is -0.117. The highest BCUT2D eigenvalue weighted by atomic mass is 79.9. The fourth-order valence-electron chi connectivity index (χ4n) is 1.17. The first-order valence-corrected chi connectivity index (χ1v) is 6.58. The summed E-state index contributed by atoms with van der Waals surface area (Å²) in [5, 5.41) is 14.4. The minimum atomic E-state index is -0.390. The van der Waals surface area contributed by atoms with E-state index in [4.69, 9.17) is 5.26 Å². The average Bonchev–Trinajstić information content (AvgIpc) is 2.37. The van der Waals surface area contributed by atoms with E-state index >= 15 is 0 Å². The smallest absolute Gasteiger partial charge is 0.263 e. The van der Waals surface area contributed by atoms with Crippen LogP contribution in [-0.2, 0) is 4.79 Å². The molecule has 1 amide bonds. The molecule has 0 aliphatic heterocycles. The summed E-state index contributed by atoms with van der Waals surface area (Å²) in [6, 6.07) is 5.39. The molecule has 0 aliphatic rings. The number of carbonyl (C=O) groups is 1. The number of pyridine rings is 1. The normalized spacial score (nSPS) is 11.0. The van der Waals surface area contributed by atoms with Gasteiger partial charge in [0.25, 0.3) is 5.91 Å². The van der Waals surface area contributed by atoms with Gasteiger partial charge >= 0.3 is 0 Å². The van der Waals surface area contributed by atoms with Gasteiger partial charge < -0.3 is 10.6 Å². The van der Waals surface area contributed by atoms with Gasteiger partial charge in [0.1, 0.15) is 17.5 Å². The molecule has 1 rings (SSSR count). The van der Waals surface area contributed by atoms with Crippen molar-refractivity contribution in [2.45, 2.75) is 13.8 Å². The minimum Gasteiger partial charge on any atom is -0.351 e. The van der Waals surface area contributed by atoms with Crippen molar-refractivity contribution in [3.8, 4) is 6.07 Å². The van der Waals surface area contributed by atoms with E-state index in [0.717, 1.165) is 4.47 Å². The van der Waals surface area contributed by atoms with Crippen LogP contribution in [0, 0.1) is 17.2 Å². The zero-order valence-electron chi connectivity index (χ0n) is 10.8. The Labute approximate surface area is 120 Å². The van der Waals surface area contributed by atoms with Gasteiger partial charge in [0.15, 0.2) is 0 Å². The summed E-state index contributed by atoms with van der Waals surface area (Å²) in [5.41, 5.74) is 0.0161. The maximum absolute atomic E-state index is 11.7. The predicted molar refractivity (Wildman–Crippen MR) is 77.1 cm³/mol. The Morgan fingerprint density at radius 2 is 2.37 bits per heavy atom. The second-order valence-electron chi connectivity index (χ2n) is 4.28. The molecule has 0 saturated carbocycles.